The van der Waals surface area contributed by atoms with Gasteiger partial charge in [0.1, 0.15) is 11.4 Å². The van der Waals surface area contributed by atoms with Gasteiger partial charge in [0.2, 0.25) is 0 Å². The minimum atomic E-state index is -0.897. The summed E-state index contributed by atoms with van der Waals surface area (Å²) in [6.45, 7) is 6.19. The van der Waals surface area contributed by atoms with Gasteiger partial charge in [-0.15, -0.1) is 0 Å². The molecule has 4 heteroatoms. The van der Waals surface area contributed by atoms with Crippen LogP contribution in [0.1, 0.15) is 49.2 Å². The molecule has 18 heavy (non-hydrogen) atoms. The standard InChI is InChI=1S/C14H20N2O2/c1-4-11-7-6-10(3)16(11)13-12(14(17)18)8-5-9(2)15-13/h5,8,10-11H,4,6-7H2,1-3H3,(H,17,18). The monoisotopic (exact) mass is 248 g/mol. The van der Waals surface area contributed by atoms with Gasteiger partial charge in [-0.25, -0.2) is 9.78 Å². The van der Waals surface area contributed by atoms with Gasteiger partial charge in [0.25, 0.3) is 0 Å². The number of rotatable bonds is 3. The summed E-state index contributed by atoms with van der Waals surface area (Å²) in [5.74, 6) is -0.259. The van der Waals surface area contributed by atoms with E-state index in [0.29, 0.717) is 23.5 Å². The van der Waals surface area contributed by atoms with E-state index in [1.165, 1.54) is 0 Å². The van der Waals surface area contributed by atoms with Gasteiger partial charge in [-0.05, 0) is 45.2 Å². The molecule has 4 nitrogen and oxygen atoms in total. The summed E-state index contributed by atoms with van der Waals surface area (Å²) in [6.07, 6.45) is 3.25. The molecule has 1 N–H and O–H groups in total. The fourth-order valence-electron chi connectivity index (χ4n) is 2.76. The molecule has 0 saturated carbocycles. The van der Waals surface area contributed by atoms with Crippen LogP contribution in [-0.2, 0) is 0 Å². The van der Waals surface area contributed by atoms with Gasteiger partial charge in [0.05, 0.1) is 0 Å². The van der Waals surface area contributed by atoms with Crippen molar-refractivity contribution < 1.29 is 9.90 Å². The van der Waals surface area contributed by atoms with E-state index in [-0.39, 0.29) is 0 Å². The average Bonchev–Trinajstić information content (AvgIpc) is 2.69. The molecule has 98 valence electrons. The lowest BCUT2D eigenvalue weighted by molar-refractivity contribution is 0.0697. The molecular weight excluding hydrogens is 228 g/mol. The summed E-state index contributed by atoms with van der Waals surface area (Å²) < 4.78 is 0. The summed E-state index contributed by atoms with van der Waals surface area (Å²) in [5.41, 5.74) is 1.18. The van der Waals surface area contributed by atoms with Crippen LogP contribution in [0.3, 0.4) is 0 Å². The highest BCUT2D eigenvalue weighted by molar-refractivity contribution is 5.93. The second kappa shape index (κ2) is 4.96. The van der Waals surface area contributed by atoms with E-state index in [9.17, 15) is 9.90 Å². The van der Waals surface area contributed by atoms with Crippen LogP contribution in [0.15, 0.2) is 12.1 Å². The minimum Gasteiger partial charge on any atom is -0.478 e. The molecule has 1 aromatic heterocycles. The second-order valence-electron chi connectivity index (χ2n) is 5.02. The lowest BCUT2D eigenvalue weighted by atomic mass is 10.1. The molecule has 0 spiro atoms. The van der Waals surface area contributed by atoms with Crippen LogP contribution in [0.5, 0.6) is 0 Å². The molecule has 1 aromatic rings. The van der Waals surface area contributed by atoms with Gasteiger partial charge < -0.3 is 10.0 Å². The van der Waals surface area contributed by atoms with Crippen LogP contribution in [0.25, 0.3) is 0 Å². The molecular formula is C14H20N2O2. The smallest absolute Gasteiger partial charge is 0.339 e. The predicted octanol–water partition coefficient (Wildman–Crippen LogP) is 2.86. The van der Waals surface area contributed by atoms with E-state index < -0.39 is 5.97 Å². The highest BCUT2D eigenvalue weighted by atomic mass is 16.4. The second-order valence-corrected chi connectivity index (χ2v) is 5.02. The summed E-state index contributed by atoms with van der Waals surface area (Å²) in [4.78, 5) is 18.0. The Morgan fingerprint density at radius 2 is 2.22 bits per heavy atom. The van der Waals surface area contributed by atoms with Crippen molar-refractivity contribution in [2.75, 3.05) is 4.90 Å². The quantitative estimate of drug-likeness (QED) is 0.893. The van der Waals surface area contributed by atoms with Crippen LogP contribution >= 0.6 is 0 Å². The van der Waals surface area contributed by atoms with E-state index in [1.54, 1.807) is 12.1 Å². The molecule has 1 fully saturated rings. The highest BCUT2D eigenvalue weighted by Crippen LogP contribution is 2.33. The third-order valence-corrected chi connectivity index (χ3v) is 3.75. The van der Waals surface area contributed by atoms with Crippen molar-refractivity contribution in [3.05, 3.63) is 23.4 Å². The topological polar surface area (TPSA) is 53.4 Å². The number of aromatic nitrogens is 1. The Balaban J connectivity index is 2.48. The first-order chi connectivity index (χ1) is 8.54. The number of nitrogens with zero attached hydrogens (tertiary/aromatic N) is 2. The van der Waals surface area contributed by atoms with Crippen LogP contribution < -0.4 is 4.90 Å². The maximum absolute atomic E-state index is 11.3. The maximum Gasteiger partial charge on any atom is 0.339 e. The molecule has 2 heterocycles. The van der Waals surface area contributed by atoms with Crippen LogP contribution in [0.4, 0.5) is 5.82 Å². The fourth-order valence-corrected chi connectivity index (χ4v) is 2.76. The number of carbonyl (C=O) groups is 1. The number of hydrogen-bond donors (Lipinski definition) is 1. The van der Waals surface area contributed by atoms with Crippen LogP contribution in [-0.4, -0.2) is 28.1 Å². The van der Waals surface area contributed by atoms with E-state index >= 15 is 0 Å². The fraction of sp³-hybridized carbons (Fsp3) is 0.571. The van der Waals surface area contributed by atoms with E-state index in [2.05, 4.69) is 23.7 Å². The van der Waals surface area contributed by atoms with Gasteiger partial charge in [-0.3, -0.25) is 0 Å². The Bertz CT molecular complexity index is 459. The normalized spacial score (nSPS) is 23.4. The van der Waals surface area contributed by atoms with Crippen LogP contribution in [0, 0.1) is 6.92 Å². The Morgan fingerprint density at radius 1 is 1.50 bits per heavy atom. The molecule has 2 atom stereocenters. The molecule has 2 unspecified atom stereocenters. The molecule has 1 saturated heterocycles. The molecule has 0 bridgehead atoms. The first-order valence-corrected chi connectivity index (χ1v) is 6.53. The lowest BCUT2D eigenvalue weighted by Gasteiger charge is -2.30. The molecule has 0 aliphatic carbocycles. The van der Waals surface area contributed by atoms with Gasteiger partial charge >= 0.3 is 5.97 Å². The highest BCUT2D eigenvalue weighted by Gasteiger charge is 2.32. The third-order valence-electron chi connectivity index (χ3n) is 3.75. The zero-order valence-electron chi connectivity index (χ0n) is 11.2. The number of anilines is 1. The summed E-state index contributed by atoms with van der Waals surface area (Å²) in [6, 6.07) is 4.20. The first-order valence-electron chi connectivity index (χ1n) is 6.53. The molecule has 1 aliphatic rings. The van der Waals surface area contributed by atoms with E-state index in [4.69, 9.17) is 0 Å². The van der Waals surface area contributed by atoms with Crippen molar-refractivity contribution in [3.63, 3.8) is 0 Å². The number of aryl methyl sites for hydroxylation is 1. The summed E-state index contributed by atoms with van der Waals surface area (Å²) in [5, 5.41) is 9.30. The van der Waals surface area contributed by atoms with Gasteiger partial charge in [0.15, 0.2) is 0 Å². The zero-order valence-corrected chi connectivity index (χ0v) is 11.2. The number of carboxylic acid groups (broad SMARTS) is 1. The average molecular weight is 248 g/mol. The van der Waals surface area contributed by atoms with Crippen molar-refractivity contribution in [2.24, 2.45) is 0 Å². The van der Waals surface area contributed by atoms with Crippen molar-refractivity contribution in [3.8, 4) is 0 Å². The largest absolute Gasteiger partial charge is 0.478 e. The number of carboxylic acids is 1. The number of pyridine rings is 1. The van der Waals surface area contributed by atoms with Crippen LogP contribution in [0.2, 0.25) is 0 Å². The Kier molecular flexibility index (Phi) is 3.55. The molecule has 1 aliphatic heterocycles. The van der Waals surface area contributed by atoms with E-state index in [0.717, 1.165) is 25.0 Å². The summed E-state index contributed by atoms with van der Waals surface area (Å²) >= 11 is 0. The molecule has 2 rings (SSSR count). The predicted molar refractivity (Wildman–Crippen MR) is 71.2 cm³/mol. The summed E-state index contributed by atoms with van der Waals surface area (Å²) in [7, 11) is 0. The Labute approximate surface area is 108 Å². The number of hydrogen-bond acceptors (Lipinski definition) is 3. The molecule has 0 aromatic carbocycles. The lowest BCUT2D eigenvalue weighted by Crippen LogP contribution is -2.36. The first kappa shape index (κ1) is 12.9. The van der Waals surface area contributed by atoms with Gasteiger partial charge in [0, 0.05) is 17.8 Å². The van der Waals surface area contributed by atoms with Crippen molar-refractivity contribution in [1.29, 1.82) is 0 Å². The third kappa shape index (κ3) is 2.19. The maximum atomic E-state index is 11.3. The van der Waals surface area contributed by atoms with Gasteiger partial charge in [-0.2, -0.15) is 0 Å². The Hall–Kier alpha value is -1.58. The van der Waals surface area contributed by atoms with Gasteiger partial charge in [-0.1, -0.05) is 6.92 Å². The zero-order chi connectivity index (χ0) is 13.3. The van der Waals surface area contributed by atoms with E-state index in [1.807, 2.05) is 6.92 Å². The minimum absolute atomic E-state index is 0.313. The number of aromatic carboxylic acids is 1. The van der Waals surface area contributed by atoms with Crippen molar-refractivity contribution >= 4 is 11.8 Å². The van der Waals surface area contributed by atoms with Crippen molar-refractivity contribution in [1.82, 2.24) is 4.98 Å². The Morgan fingerprint density at radius 3 is 2.83 bits per heavy atom. The SMILES string of the molecule is CCC1CCC(C)N1c1nc(C)ccc1C(=O)O. The molecule has 0 amide bonds. The molecule has 0 radical (unpaired) electrons. The van der Waals surface area contributed by atoms with Crippen molar-refractivity contribution in [2.45, 2.75) is 52.1 Å².